The topological polar surface area (TPSA) is 59.0 Å². The highest BCUT2D eigenvalue weighted by Crippen LogP contribution is 2.20. The van der Waals surface area contributed by atoms with E-state index in [1.54, 1.807) is 13.0 Å². The molecule has 0 aliphatic carbocycles. The second-order valence-electron chi connectivity index (χ2n) is 5.03. The number of aliphatic hydroxyl groups excluding tert-OH is 1. The summed E-state index contributed by atoms with van der Waals surface area (Å²) in [6.45, 7) is 8.28. The molecule has 0 saturated carbocycles. The first kappa shape index (κ1) is 15.1. The van der Waals surface area contributed by atoms with E-state index in [0.717, 1.165) is 6.54 Å². The Morgan fingerprint density at radius 3 is 2.94 bits per heavy atom. The number of rotatable bonds is 5. The predicted molar refractivity (Wildman–Crippen MR) is 68.3 cm³/mol. The monoisotopic (exact) mass is 257 g/mol. The van der Waals surface area contributed by atoms with Crippen LogP contribution in [-0.2, 0) is 14.3 Å². The highest BCUT2D eigenvalue weighted by Gasteiger charge is 2.32. The van der Waals surface area contributed by atoms with E-state index in [1.165, 1.54) is 6.08 Å². The van der Waals surface area contributed by atoms with Crippen molar-refractivity contribution in [1.82, 2.24) is 4.90 Å². The number of carbonyl (C=O) groups is 1. The molecule has 104 valence electrons. The zero-order chi connectivity index (χ0) is 13.6. The Balaban J connectivity index is 2.44. The molecule has 1 aliphatic rings. The van der Waals surface area contributed by atoms with Gasteiger partial charge >= 0.3 is 5.97 Å². The van der Waals surface area contributed by atoms with Crippen LogP contribution in [0.5, 0.6) is 0 Å². The lowest BCUT2D eigenvalue weighted by molar-refractivity contribution is -0.146. The molecule has 1 heterocycles. The lowest BCUT2D eigenvalue weighted by Crippen LogP contribution is -2.53. The molecule has 0 aromatic rings. The van der Waals surface area contributed by atoms with Crippen molar-refractivity contribution in [2.45, 2.75) is 32.5 Å². The van der Waals surface area contributed by atoms with Gasteiger partial charge in [-0.25, -0.2) is 4.79 Å². The van der Waals surface area contributed by atoms with Crippen molar-refractivity contribution in [1.29, 1.82) is 0 Å². The fourth-order valence-corrected chi connectivity index (χ4v) is 2.14. The number of carbonyl (C=O) groups excluding carboxylic acids is 1. The Morgan fingerprint density at radius 2 is 2.33 bits per heavy atom. The van der Waals surface area contributed by atoms with E-state index >= 15 is 0 Å². The molecule has 0 aromatic carbocycles. The van der Waals surface area contributed by atoms with Gasteiger partial charge in [-0.05, 0) is 20.8 Å². The quantitative estimate of drug-likeness (QED) is 0.576. The summed E-state index contributed by atoms with van der Waals surface area (Å²) in [7, 11) is 0. The Hall–Kier alpha value is -0.910. The van der Waals surface area contributed by atoms with Gasteiger partial charge in [0.2, 0.25) is 0 Å². The van der Waals surface area contributed by atoms with Crippen molar-refractivity contribution in [2.24, 2.45) is 0 Å². The Morgan fingerprint density at radius 1 is 1.61 bits per heavy atom. The molecule has 5 heteroatoms. The van der Waals surface area contributed by atoms with Gasteiger partial charge in [0.1, 0.15) is 0 Å². The van der Waals surface area contributed by atoms with Crippen LogP contribution in [0, 0.1) is 0 Å². The van der Waals surface area contributed by atoms with E-state index in [4.69, 9.17) is 9.47 Å². The van der Waals surface area contributed by atoms with Crippen molar-refractivity contribution >= 4 is 5.97 Å². The fourth-order valence-electron chi connectivity index (χ4n) is 2.14. The van der Waals surface area contributed by atoms with Gasteiger partial charge in [0.25, 0.3) is 0 Å². The van der Waals surface area contributed by atoms with Crippen LogP contribution in [0.15, 0.2) is 12.2 Å². The van der Waals surface area contributed by atoms with Gasteiger partial charge in [-0.15, -0.1) is 0 Å². The van der Waals surface area contributed by atoms with Crippen LogP contribution in [0.25, 0.3) is 0 Å². The van der Waals surface area contributed by atoms with Crippen molar-refractivity contribution in [3.63, 3.8) is 0 Å². The molecule has 0 bridgehead atoms. The summed E-state index contributed by atoms with van der Waals surface area (Å²) < 4.78 is 10.5. The van der Waals surface area contributed by atoms with Crippen molar-refractivity contribution < 1.29 is 19.4 Å². The normalized spacial score (nSPS) is 24.3. The Kier molecular flexibility index (Phi) is 5.78. The molecule has 0 amide bonds. The summed E-state index contributed by atoms with van der Waals surface area (Å²) in [5.41, 5.74) is -0.274. The third kappa shape index (κ3) is 5.16. The minimum absolute atomic E-state index is 0.0154. The largest absolute Gasteiger partial charge is 0.463 e. The van der Waals surface area contributed by atoms with Crippen LogP contribution in [-0.4, -0.2) is 60.5 Å². The van der Waals surface area contributed by atoms with Crippen molar-refractivity contribution in [3.05, 3.63) is 12.2 Å². The Labute approximate surface area is 108 Å². The number of hydrogen-bond acceptors (Lipinski definition) is 5. The van der Waals surface area contributed by atoms with Gasteiger partial charge in [-0.2, -0.15) is 0 Å². The maximum absolute atomic E-state index is 11.1. The molecule has 18 heavy (non-hydrogen) atoms. The molecule has 5 nitrogen and oxygen atoms in total. The second kappa shape index (κ2) is 6.87. The number of morpholine rings is 1. The molecule has 1 fully saturated rings. The molecular formula is C13H23NO4. The predicted octanol–water partition coefficient (Wildman–Crippen LogP) is 0.577. The number of ether oxygens (including phenoxy) is 2. The van der Waals surface area contributed by atoms with Gasteiger partial charge in [0.05, 0.1) is 24.9 Å². The standard InChI is InChI=1S/C13H23NO4/c1-4-17-12(16)6-5-7-14-8-11(9-15)18-13(2,3)10-14/h5-6,11,15H,4,7-10H2,1-3H3/b6-5+. The number of aliphatic hydroxyl groups is 1. The number of nitrogens with zero attached hydrogens (tertiary/aromatic N) is 1. The van der Waals surface area contributed by atoms with Gasteiger partial charge in [-0.3, -0.25) is 4.90 Å². The van der Waals surface area contributed by atoms with Crippen LogP contribution in [0.4, 0.5) is 0 Å². The zero-order valence-electron chi connectivity index (χ0n) is 11.4. The molecule has 1 aliphatic heterocycles. The third-order valence-electron chi connectivity index (χ3n) is 2.66. The molecule has 1 saturated heterocycles. The maximum Gasteiger partial charge on any atom is 0.330 e. The van der Waals surface area contributed by atoms with Crippen LogP contribution < -0.4 is 0 Å². The summed E-state index contributed by atoms with van der Waals surface area (Å²) in [6, 6.07) is 0. The third-order valence-corrected chi connectivity index (χ3v) is 2.66. The molecule has 0 spiro atoms. The number of esters is 1. The summed E-state index contributed by atoms with van der Waals surface area (Å²) in [5, 5.41) is 9.18. The van der Waals surface area contributed by atoms with Crippen molar-refractivity contribution in [2.75, 3.05) is 32.8 Å². The molecular weight excluding hydrogens is 234 g/mol. The molecule has 1 rings (SSSR count). The minimum atomic E-state index is -0.316. The summed E-state index contributed by atoms with van der Waals surface area (Å²) in [5.74, 6) is -0.316. The van der Waals surface area contributed by atoms with Crippen LogP contribution in [0.3, 0.4) is 0 Å². The van der Waals surface area contributed by atoms with E-state index in [1.807, 2.05) is 13.8 Å². The van der Waals surface area contributed by atoms with Crippen LogP contribution in [0.2, 0.25) is 0 Å². The van der Waals surface area contributed by atoms with E-state index in [2.05, 4.69) is 4.90 Å². The van der Waals surface area contributed by atoms with Gasteiger partial charge in [0.15, 0.2) is 0 Å². The maximum atomic E-state index is 11.1. The molecule has 0 aromatic heterocycles. The van der Waals surface area contributed by atoms with E-state index in [0.29, 0.717) is 19.7 Å². The highest BCUT2D eigenvalue weighted by molar-refractivity contribution is 5.81. The van der Waals surface area contributed by atoms with Crippen molar-refractivity contribution in [3.8, 4) is 0 Å². The average Bonchev–Trinajstić information content (AvgIpc) is 2.27. The van der Waals surface area contributed by atoms with Gasteiger partial charge in [0, 0.05) is 25.7 Å². The summed E-state index contributed by atoms with van der Waals surface area (Å²) >= 11 is 0. The first-order valence-electron chi connectivity index (χ1n) is 6.31. The molecule has 1 atom stereocenters. The summed E-state index contributed by atoms with van der Waals surface area (Å²) in [6.07, 6.45) is 3.07. The van der Waals surface area contributed by atoms with Crippen LogP contribution in [0.1, 0.15) is 20.8 Å². The van der Waals surface area contributed by atoms with Gasteiger partial charge < -0.3 is 14.6 Å². The second-order valence-corrected chi connectivity index (χ2v) is 5.03. The zero-order valence-corrected chi connectivity index (χ0v) is 11.4. The lowest BCUT2D eigenvalue weighted by Gasteiger charge is -2.41. The smallest absolute Gasteiger partial charge is 0.330 e. The lowest BCUT2D eigenvalue weighted by atomic mass is 10.1. The number of hydrogen-bond donors (Lipinski definition) is 1. The van der Waals surface area contributed by atoms with Crippen LogP contribution >= 0.6 is 0 Å². The Bertz CT molecular complexity index is 301. The van der Waals surface area contributed by atoms with E-state index < -0.39 is 0 Å². The van der Waals surface area contributed by atoms with E-state index in [9.17, 15) is 9.90 Å². The minimum Gasteiger partial charge on any atom is -0.463 e. The molecule has 1 N–H and O–H groups in total. The molecule has 1 unspecified atom stereocenters. The first-order valence-corrected chi connectivity index (χ1v) is 6.31. The fraction of sp³-hybridized carbons (Fsp3) is 0.769. The SMILES string of the molecule is CCOC(=O)/C=C/CN1CC(CO)OC(C)(C)C1. The molecule has 0 radical (unpaired) electrons. The first-order chi connectivity index (χ1) is 8.46. The summed E-state index contributed by atoms with van der Waals surface area (Å²) in [4.78, 5) is 13.3. The highest BCUT2D eigenvalue weighted by atomic mass is 16.5. The van der Waals surface area contributed by atoms with Gasteiger partial charge in [-0.1, -0.05) is 6.08 Å². The average molecular weight is 257 g/mol. The van der Waals surface area contributed by atoms with E-state index in [-0.39, 0.29) is 24.3 Å².